The first-order valence-corrected chi connectivity index (χ1v) is 35.0. The standard InChI is InChI=1S/C68H91N5O13S2/c1-34-7-8-36-12-16-47-44(60(80)81)26-66(84)19-18-65(47,48(36)21-34)23-37(45-31-86-61(82)52(45)40-17-20-71-28-40)5-4-6-39-25-68(85)55-53(38-9-13-42(29-72-62(69)70)67(68,24-38)59(39)64(66,3)83)63(2)27-51(77)57(78)46-33-88-87-32-41(35-10-14-43(75)15-11-35)22-50(76)49(30-74)73-56(55)58(79)54(46)63/h10-12,14-15,17,20,28,34,37-39,41-42,44-49,51-54,57,59-60,71,73-75,77-78,80-81,83-85H,6-9,13,16,18-19,21-27,29-33H2,1-3H3,(H4,69,70,72)/t34-,37+,38-,39+,41-,42+,44+,45-,46+,47-,48-,49-,51-,52-,53-,54-,57+,59+,63+,64+,65+,66+,67-,68+/m0/s1. The van der Waals surface area contributed by atoms with E-state index in [-0.39, 0.29) is 105 Å². The molecule has 9 aliphatic carbocycles. The molecule has 0 amide bonds. The number of aromatic amines is 1. The van der Waals surface area contributed by atoms with Crippen LogP contribution in [0, 0.1) is 105 Å². The number of phenols is 1. The number of aromatic hydroxyl groups is 1. The number of phenolic OH excluding ortho intramolecular Hbond substituents is 1. The Labute approximate surface area is 523 Å². The Balaban J connectivity index is 1.04. The van der Waals surface area contributed by atoms with Crippen molar-refractivity contribution < 1.29 is 65.1 Å². The molecule has 20 heteroatoms. The number of fused-ring (bicyclic) bond motifs is 10. The number of hydrogen-bond acceptors (Lipinski definition) is 17. The molecule has 8 fully saturated rings. The number of hydrogen-bond donors (Lipinski definition) is 13. The van der Waals surface area contributed by atoms with Crippen LogP contribution >= 0.6 is 21.6 Å². The van der Waals surface area contributed by atoms with Crippen molar-refractivity contribution in [1.29, 1.82) is 0 Å². The van der Waals surface area contributed by atoms with Crippen LogP contribution in [-0.4, -0.2) is 147 Å². The van der Waals surface area contributed by atoms with Crippen LogP contribution in [0.5, 0.6) is 5.75 Å². The minimum Gasteiger partial charge on any atom is -0.508 e. The molecule has 88 heavy (non-hydrogen) atoms. The molecular formula is C68H91N5O13S2. The maximum Gasteiger partial charge on any atom is 0.313 e. The van der Waals surface area contributed by atoms with E-state index in [1.807, 2.05) is 19.2 Å². The molecule has 0 radical (unpaired) electrons. The summed E-state index contributed by atoms with van der Waals surface area (Å²) in [5.41, 5.74) is 6.16. The van der Waals surface area contributed by atoms with E-state index in [2.05, 4.69) is 35.1 Å². The van der Waals surface area contributed by atoms with E-state index in [1.54, 1.807) is 37.4 Å². The van der Waals surface area contributed by atoms with Gasteiger partial charge in [-0.1, -0.05) is 65.1 Å². The van der Waals surface area contributed by atoms with Gasteiger partial charge in [0.15, 0.2) is 23.8 Å². The number of ketones is 2. The summed E-state index contributed by atoms with van der Waals surface area (Å²) in [5.74, 6) is -1.15. The fraction of sp³-hybridized carbons (Fsp3) is 0.706. The molecule has 18 nitrogen and oxygen atoms in total. The van der Waals surface area contributed by atoms with Crippen LogP contribution in [0.2, 0.25) is 0 Å². The fourth-order valence-electron chi connectivity index (χ4n) is 22.0. The van der Waals surface area contributed by atoms with E-state index < -0.39 is 141 Å². The number of guanidine groups is 1. The Morgan fingerprint density at radius 2 is 1.68 bits per heavy atom. The monoisotopic (exact) mass is 1250 g/mol. The summed E-state index contributed by atoms with van der Waals surface area (Å²) in [6.07, 6.45) is 6.61. The quantitative estimate of drug-likeness (QED) is 0.0317. The van der Waals surface area contributed by atoms with Gasteiger partial charge < -0.3 is 72.5 Å². The average molecular weight is 1250 g/mol. The second-order valence-corrected chi connectivity index (χ2v) is 32.3. The van der Waals surface area contributed by atoms with E-state index in [9.17, 15) is 45.6 Å². The second-order valence-electron chi connectivity index (χ2n) is 29.8. The van der Waals surface area contributed by atoms with Gasteiger partial charge in [0.05, 0.1) is 53.8 Å². The van der Waals surface area contributed by atoms with Crippen molar-refractivity contribution in [2.45, 2.75) is 170 Å². The maximum absolute atomic E-state index is 16.5. The van der Waals surface area contributed by atoms with Crippen molar-refractivity contribution in [3.63, 3.8) is 0 Å². The van der Waals surface area contributed by atoms with Crippen LogP contribution in [0.3, 0.4) is 0 Å². The van der Waals surface area contributed by atoms with Gasteiger partial charge in [-0.2, -0.15) is 0 Å². The van der Waals surface area contributed by atoms with Crippen LogP contribution < -0.4 is 16.8 Å². The molecule has 13 rings (SSSR count). The predicted octanol–water partition coefficient (Wildman–Crippen LogP) is 5.31. The normalized spacial score (nSPS) is 46.5. The van der Waals surface area contributed by atoms with Crippen molar-refractivity contribution in [1.82, 2.24) is 10.3 Å². The number of cyclic esters (lactones) is 1. The highest BCUT2D eigenvalue weighted by Gasteiger charge is 2.80. The highest BCUT2D eigenvalue weighted by Crippen LogP contribution is 2.78. The van der Waals surface area contributed by atoms with Gasteiger partial charge in [-0.3, -0.25) is 19.4 Å². The van der Waals surface area contributed by atoms with Crippen LogP contribution in [0.1, 0.15) is 140 Å². The number of aliphatic imine (C=N–C) groups is 1. The predicted molar refractivity (Wildman–Crippen MR) is 332 cm³/mol. The Morgan fingerprint density at radius 1 is 0.909 bits per heavy atom. The number of allylic oxidation sites excluding steroid dienone is 3. The minimum absolute atomic E-state index is 0.00336. The summed E-state index contributed by atoms with van der Waals surface area (Å²) in [5, 5.41) is 118. The second kappa shape index (κ2) is 23.0. The highest BCUT2D eigenvalue weighted by molar-refractivity contribution is 8.76. The Morgan fingerprint density at radius 3 is 2.41 bits per heavy atom. The molecule has 24 atom stereocenters. The number of nitrogens with one attached hydrogen (secondary N) is 2. The molecule has 478 valence electrons. The fourth-order valence-corrected chi connectivity index (χ4v) is 24.8. The van der Waals surface area contributed by atoms with Gasteiger partial charge in [-0.15, -0.1) is 5.92 Å². The van der Waals surface area contributed by atoms with Crippen molar-refractivity contribution in [2.24, 2.45) is 110 Å². The van der Waals surface area contributed by atoms with E-state index >= 15 is 14.7 Å². The first-order valence-electron chi connectivity index (χ1n) is 32.5. The van der Waals surface area contributed by atoms with Crippen molar-refractivity contribution >= 4 is 45.1 Å². The average Bonchev–Trinajstić information content (AvgIpc) is 1.32. The molecule has 2 spiro atoms. The Kier molecular flexibility index (Phi) is 16.3. The lowest BCUT2D eigenvalue weighted by atomic mass is 9.37. The topological polar surface area (TPSA) is 335 Å². The Hall–Kier alpha value is -4.40. The molecular weight excluding hydrogens is 1160 g/mol. The van der Waals surface area contributed by atoms with Crippen molar-refractivity contribution in [3.8, 4) is 17.6 Å². The zero-order chi connectivity index (χ0) is 62.2. The third-order valence-electron chi connectivity index (χ3n) is 25.7. The molecule has 6 saturated carbocycles. The third-order valence-corrected chi connectivity index (χ3v) is 28.2. The van der Waals surface area contributed by atoms with E-state index in [0.717, 1.165) is 30.4 Å². The molecule has 15 N–H and O–H groups in total. The number of nitrogens with two attached hydrogens (primary N) is 2. The van der Waals surface area contributed by atoms with Crippen LogP contribution in [0.4, 0.5) is 0 Å². The van der Waals surface area contributed by atoms with Gasteiger partial charge in [0.1, 0.15) is 11.8 Å². The molecule has 11 aliphatic rings. The van der Waals surface area contributed by atoms with E-state index in [4.69, 9.17) is 21.2 Å². The summed E-state index contributed by atoms with van der Waals surface area (Å²) in [4.78, 5) is 53.5. The molecule has 2 saturated heterocycles. The van der Waals surface area contributed by atoms with Crippen molar-refractivity contribution in [2.75, 3.05) is 31.3 Å². The minimum atomic E-state index is -2.14. The summed E-state index contributed by atoms with van der Waals surface area (Å²) < 4.78 is 6.02. The van der Waals surface area contributed by atoms with Gasteiger partial charge in [-0.25, -0.2) is 0 Å². The first kappa shape index (κ1) is 62.4. The SMILES string of the molecule is C[C@H]1CCC2=CC[C@H]3[C@H](C(O)O)C[C@]4(O)CC[C@]3(C[C@H]([C@@H]3COC(=O)[C@H]3c3cc[nH]c3)C#CC[C@@H]3C[C@@]5(O)C6=C7N[C@@H](CO)C(=O)C[C@H](c8ccc(O)cc8)CSSC[C@H]8[C@@H](O)[C@@H](O)C[C@](C)([C@H]6[C@H]6CC[C@H](CN=C(N)N)[C@@]5(C6)[C@H]3[C@@]4(C)O)[C@@H]8C7=O)[C@H]2C1. The number of carbonyl (C=O) groups excluding carboxylic acids is 3. The number of esters is 1. The number of H-pyrrole nitrogens is 1. The zero-order valence-corrected chi connectivity index (χ0v) is 52.4. The number of aromatic nitrogens is 1. The highest BCUT2D eigenvalue weighted by atomic mass is 33.1. The Bertz CT molecular complexity index is 3200. The maximum atomic E-state index is 16.5. The number of carbonyl (C=O) groups is 3. The van der Waals surface area contributed by atoms with Crippen LogP contribution in [0.25, 0.3) is 0 Å². The number of benzene rings is 1. The largest absolute Gasteiger partial charge is 0.508 e. The lowest BCUT2D eigenvalue weighted by Gasteiger charge is -2.69. The molecule has 2 aliphatic heterocycles. The molecule has 3 heterocycles. The number of nitrogens with zero attached hydrogens (tertiary/aromatic N) is 1. The van der Waals surface area contributed by atoms with Gasteiger partial charge in [-0.05, 0) is 178 Å². The van der Waals surface area contributed by atoms with Gasteiger partial charge in [0.25, 0.3) is 0 Å². The van der Waals surface area contributed by atoms with Gasteiger partial charge in [0, 0.05) is 90.1 Å². The molecule has 0 unspecified atom stereocenters. The van der Waals surface area contributed by atoms with Gasteiger partial charge in [0.2, 0.25) is 0 Å². The van der Waals surface area contributed by atoms with Crippen LogP contribution in [0.15, 0.2) is 70.6 Å². The first-order chi connectivity index (χ1) is 41.9. The molecule has 2 aromatic rings. The smallest absolute Gasteiger partial charge is 0.313 e. The lowest BCUT2D eigenvalue weighted by molar-refractivity contribution is -0.256. The van der Waals surface area contributed by atoms with Crippen LogP contribution in [-0.2, 0) is 19.1 Å². The summed E-state index contributed by atoms with van der Waals surface area (Å²) in [6, 6.07) is 7.20. The van der Waals surface area contributed by atoms with E-state index in [0.29, 0.717) is 49.3 Å². The summed E-state index contributed by atoms with van der Waals surface area (Å²) >= 11 is 0. The lowest BCUT2D eigenvalue weighted by Crippen LogP contribution is -2.72. The van der Waals surface area contributed by atoms with Crippen molar-refractivity contribution in [3.05, 3.63) is 76.8 Å². The number of ether oxygens (including phenoxy) is 1. The number of rotatable bonds is 7. The summed E-state index contributed by atoms with van der Waals surface area (Å²) in [7, 11) is 2.96. The summed E-state index contributed by atoms with van der Waals surface area (Å²) in [6.45, 7) is 5.34. The number of aliphatic hydroxyl groups is 8. The number of Topliss-reactive ketones (excluding diaryl/α,β-unsaturated/α-hetero) is 2. The molecule has 1 aromatic heterocycles. The van der Waals surface area contributed by atoms with E-state index in [1.165, 1.54) is 27.2 Å². The van der Waals surface area contributed by atoms with Gasteiger partial charge >= 0.3 is 5.97 Å². The molecule has 6 bridgehead atoms. The third kappa shape index (κ3) is 9.63. The number of aliphatic hydroxyl groups excluding tert-OH is 4. The zero-order valence-electron chi connectivity index (χ0n) is 50.8. The molecule has 1 aromatic carbocycles.